The maximum Gasteiger partial charge on any atom is 0.411 e. The summed E-state index contributed by atoms with van der Waals surface area (Å²) in [6.45, 7) is -0.898. The lowest BCUT2D eigenvalue weighted by atomic mass is 9.94. The van der Waals surface area contributed by atoms with E-state index < -0.39 is 24.8 Å². The standard InChI is InChI=1S/C14H16F3NO3/c15-14(16,17)9-21-6-5-18-8-11-4-2-1-3-10(11)7-12(18)13(19)20/h1-4,12H,5-9H2,(H,19,20)/t12-/m0/s1. The number of ether oxygens (including phenoxy) is 1. The number of carboxylic acid groups (broad SMARTS) is 1. The fourth-order valence-corrected chi connectivity index (χ4v) is 2.43. The largest absolute Gasteiger partial charge is 0.480 e. The number of carboxylic acids is 1. The van der Waals surface area contributed by atoms with Crippen LogP contribution in [0.25, 0.3) is 0 Å². The Hall–Kier alpha value is -1.60. The SMILES string of the molecule is O=C(O)[C@@H]1Cc2ccccc2CN1CCOCC(F)(F)F. The Morgan fingerprint density at radius 2 is 2.00 bits per heavy atom. The molecule has 0 aliphatic carbocycles. The van der Waals surface area contributed by atoms with Crippen LogP contribution in [0.1, 0.15) is 11.1 Å². The van der Waals surface area contributed by atoms with E-state index in [4.69, 9.17) is 0 Å². The van der Waals surface area contributed by atoms with E-state index in [9.17, 15) is 23.1 Å². The van der Waals surface area contributed by atoms with Crippen molar-refractivity contribution < 1.29 is 27.8 Å². The molecule has 0 saturated carbocycles. The van der Waals surface area contributed by atoms with Gasteiger partial charge < -0.3 is 9.84 Å². The smallest absolute Gasteiger partial charge is 0.411 e. The lowest BCUT2D eigenvalue weighted by Gasteiger charge is -2.34. The van der Waals surface area contributed by atoms with Crippen molar-refractivity contribution in [3.05, 3.63) is 35.4 Å². The summed E-state index contributed by atoms with van der Waals surface area (Å²) in [5, 5.41) is 9.26. The molecule has 1 atom stereocenters. The zero-order chi connectivity index (χ0) is 15.5. The molecule has 21 heavy (non-hydrogen) atoms. The van der Waals surface area contributed by atoms with Crippen LogP contribution in [0.5, 0.6) is 0 Å². The maximum atomic E-state index is 12.0. The summed E-state index contributed by atoms with van der Waals surface area (Å²) >= 11 is 0. The van der Waals surface area contributed by atoms with E-state index in [0.717, 1.165) is 11.1 Å². The normalized spacial score (nSPS) is 19.3. The molecule has 1 aliphatic heterocycles. The first-order valence-corrected chi connectivity index (χ1v) is 6.55. The monoisotopic (exact) mass is 303 g/mol. The van der Waals surface area contributed by atoms with Crippen LogP contribution in [0.15, 0.2) is 24.3 Å². The summed E-state index contributed by atoms with van der Waals surface area (Å²) in [5.74, 6) is -0.972. The Labute approximate surface area is 120 Å². The number of nitrogens with zero attached hydrogens (tertiary/aromatic N) is 1. The van der Waals surface area contributed by atoms with E-state index in [2.05, 4.69) is 4.74 Å². The van der Waals surface area contributed by atoms with Gasteiger partial charge in [-0.15, -0.1) is 0 Å². The molecule has 2 rings (SSSR count). The van der Waals surface area contributed by atoms with Gasteiger partial charge in [-0.3, -0.25) is 9.69 Å². The number of rotatable bonds is 5. The molecule has 1 N–H and O–H groups in total. The minimum atomic E-state index is -4.36. The zero-order valence-electron chi connectivity index (χ0n) is 11.3. The van der Waals surface area contributed by atoms with Crippen LogP contribution < -0.4 is 0 Å². The maximum absolute atomic E-state index is 12.0. The number of halogens is 3. The van der Waals surface area contributed by atoms with E-state index in [1.165, 1.54) is 0 Å². The molecule has 1 aliphatic rings. The number of fused-ring (bicyclic) bond motifs is 1. The molecular weight excluding hydrogens is 287 g/mol. The van der Waals surface area contributed by atoms with E-state index >= 15 is 0 Å². The Morgan fingerprint density at radius 1 is 1.33 bits per heavy atom. The topological polar surface area (TPSA) is 49.8 Å². The van der Waals surface area contributed by atoms with Gasteiger partial charge in [-0.2, -0.15) is 13.2 Å². The predicted molar refractivity (Wildman–Crippen MR) is 68.9 cm³/mol. The molecular formula is C14H16F3NO3. The molecule has 7 heteroatoms. The predicted octanol–water partition coefficient (Wildman–Crippen LogP) is 2.08. The molecule has 0 fully saturated rings. The summed E-state index contributed by atoms with van der Waals surface area (Å²) in [6.07, 6.45) is -4.01. The zero-order valence-corrected chi connectivity index (χ0v) is 11.3. The van der Waals surface area contributed by atoms with Gasteiger partial charge in [-0.1, -0.05) is 24.3 Å². The van der Waals surface area contributed by atoms with Crippen LogP contribution in [0.3, 0.4) is 0 Å². The first-order valence-electron chi connectivity index (χ1n) is 6.55. The number of benzene rings is 1. The van der Waals surface area contributed by atoms with Crippen molar-refractivity contribution in [1.82, 2.24) is 4.90 Å². The lowest BCUT2D eigenvalue weighted by Crippen LogP contribution is -2.47. The van der Waals surface area contributed by atoms with Crippen LogP contribution >= 0.6 is 0 Å². The highest BCUT2D eigenvalue weighted by molar-refractivity contribution is 5.74. The Kier molecular flexibility index (Phi) is 4.84. The van der Waals surface area contributed by atoms with Crippen molar-refractivity contribution in [2.24, 2.45) is 0 Å². The number of hydrogen-bond donors (Lipinski definition) is 1. The van der Waals surface area contributed by atoms with E-state index in [1.54, 1.807) is 4.90 Å². The number of carbonyl (C=O) groups is 1. The van der Waals surface area contributed by atoms with E-state index in [0.29, 0.717) is 13.0 Å². The van der Waals surface area contributed by atoms with Gasteiger partial charge in [-0.05, 0) is 17.5 Å². The molecule has 1 aromatic carbocycles. The Balaban J connectivity index is 1.96. The van der Waals surface area contributed by atoms with Gasteiger partial charge in [0.15, 0.2) is 0 Å². The van der Waals surface area contributed by atoms with Crippen molar-refractivity contribution in [3.8, 4) is 0 Å². The molecule has 0 aromatic heterocycles. The Morgan fingerprint density at radius 3 is 2.62 bits per heavy atom. The van der Waals surface area contributed by atoms with Crippen LogP contribution in [0.4, 0.5) is 13.2 Å². The summed E-state index contributed by atoms with van der Waals surface area (Å²) in [6, 6.07) is 6.76. The van der Waals surface area contributed by atoms with Crippen molar-refractivity contribution in [2.45, 2.75) is 25.2 Å². The van der Waals surface area contributed by atoms with E-state index in [1.807, 2.05) is 24.3 Å². The molecule has 0 amide bonds. The van der Waals surface area contributed by atoms with Gasteiger partial charge in [0.2, 0.25) is 0 Å². The molecule has 0 bridgehead atoms. The van der Waals surface area contributed by atoms with Gasteiger partial charge in [-0.25, -0.2) is 0 Å². The van der Waals surface area contributed by atoms with Crippen molar-refractivity contribution in [3.63, 3.8) is 0 Å². The van der Waals surface area contributed by atoms with Crippen LogP contribution in [0.2, 0.25) is 0 Å². The molecule has 0 radical (unpaired) electrons. The molecule has 116 valence electrons. The quantitative estimate of drug-likeness (QED) is 0.846. The molecule has 1 heterocycles. The number of aliphatic carboxylic acids is 1. The minimum absolute atomic E-state index is 0.147. The second-order valence-corrected chi connectivity index (χ2v) is 4.97. The lowest BCUT2D eigenvalue weighted by molar-refractivity contribution is -0.175. The third-order valence-electron chi connectivity index (χ3n) is 3.42. The summed E-state index contributed by atoms with van der Waals surface area (Å²) in [7, 11) is 0. The van der Waals surface area contributed by atoms with Gasteiger partial charge in [0.1, 0.15) is 12.6 Å². The second-order valence-electron chi connectivity index (χ2n) is 4.97. The molecule has 0 saturated heterocycles. The average molecular weight is 303 g/mol. The van der Waals surface area contributed by atoms with E-state index in [-0.39, 0.29) is 13.2 Å². The molecule has 0 unspecified atom stereocenters. The van der Waals surface area contributed by atoms with Gasteiger partial charge >= 0.3 is 12.1 Å². The average Bonchev–Trinajstić information content (AvgIpc) is 2.41. The molecule has 4 nitrogen and oxygen atoms in total. The highest BCUT2D eigenvalue weighted by Crippen LogP contribution is 2.23. The first kappa shape index (κ1) is 15.8. The fourth-order valence-electron chi connectivity index (χ4n) is 2.43. The third-order valence-corrected chi connectivity index (χ3v) is 3.42. The fraction of sp³-hybridized carbons (Fsp3) is 0.500. The molecule has 0 spiro atoms. The van der Waals surface area contributed by atoms with Crippen molar-refractivity contribution in [2.75, 3.05) is 19.8 Å². The molecule has 1 aromatic rings. The number of alkyl halides is 3. The minimum Gasteiger partial charge on any atom is -0.480 e. The summed E-state index contributed by atoms with van der Waals surface area (Å²) < 4.78 is 40.5. The first-order chi connectivity index (χ1) is 9.87. The highest BCUT2D eigenvalue weighted by atomic mass is 19.4. The second kappa shape index (κ2) is 6.44. The van der Waals surface area contributed by atoms with Gasteiger partial charge in [0.05, 0.1) is 6.61 Å². The summed E-state index contributed by atoms with van der Waals surface area (Å²) in [5.41, 5.74) is 1.98. The number of hydrogen-bond acceptors (Lipinski definition) is 3. The Bertz CT molecular complexity index is 504. The van der Waals surface area contributed by atoms with Crippen molar-refractivity contribution in [1.29, 1.82) is 0 Å². The van der Waals surface area contributed by atoms with Gasteiger partial charge in [0, 0.05) is 13.1 Å². The van der Waals surface area contributed by atoms with Crippen LogP contribution in [0, 0.1) is 0 Å². The van der Waals surface area contributed by atoms with Gasteiger partial charge in [0.25, 0.3) is 0 Å². The third kappa shape index (κ3) is 4.44. The van der Waals surface area contributed by atoms with Crippen molar-refractivity contribution >= 4 is 5.97 Å². The van der Waals surface area contributed by atoms with Crippen LogP contribution in [-0.4, -0.2) is 48.0 Å². The van der Waals surface area contributed by atoms with Crippen LogP contribution in [-0.2, 0) is 22.5 Å². The summed E-state index contributed by atoms with van der Waals surface area (Å²) in [4.78, 5) is 12.9. The highest BCUT2D eigenvalue weighted by Gasteiger charge is 2.31.